The van der Waals surface area contributed by atoms with Crippen molar-refractivity contribution in [2.45, 2.75) is 19.8 Å². The van der Waals surface area contributed by atoms with E-state index in [0.717, 1.165) is 18.7 Å². The fraction of sp³-hybridized carbons (Fsp3) is 0.588. The monoisotopic (exact) mass is 340 g/mol. The summed E-state index contributed by atoms with van der Waals surface area (Å²) in [6.45, 7) is 10.8. The Bertz CT molecular complexity index is 472. The third kappa shape index (κ3) is 6.81. The molecule has 1 fully saturated rings. The molecule has 0 saturated carbocycles. The first kappa shape index (κ1) is 18.1. The van der Waals surface area contributed by atoms with E-state index < -0.39 is 0 Å². The number of thiocarbonyl (C=S) groups is 1. The number of nitrogens with one attached hydrogen (secondary N) is 4. The molecule has 0 unspecified atom stereocenters. The maximum absolute atomic E-state index is 12.8. The van der Waals surface area contributed by atoms with E-state index in [2.05, 4.69) is 17.6 Å². The molecular formula is C17H29FN4S+2. The van der Waals surface area contributed by atoms with Crippen LogP contribution in [0.15, 0.2) is 24.3 Å². The smallest absolute Gasteiger partial charge is 0.170 e. The second-order valence-electron chi connectivity index (χ2n) is 6.24. The zero-order valence-corrected chi connectivity index (χ0v) is 14.8. The second-order valence-corrected chi connectivity index (χ2v) is 6.65. The van der Waals surface area contributed by atoms with Crippen LogP contribution in [0.5, 0.6) is 0 Å². The Labute approximate surface area is 144 Å². The Hall–Kier alpha value is -1.24. The molecule has 0 aliphatic carbocycles. The number of halogens is 1. The molecule has 1 aliphatic heterocycles. The lowest BCUT2D eigenvalue weighted by Crippen LogP contribution is -3.28. The highest BCUT2D eigenvalue weighted by molar-refractivity contribution is 7.80. The van der Waals surface area contributed by atoms with Crippen LogP contribution in [0.2, 0.25) is 0 Å². The van der Waals surface area contributed by atoms with E-state index in [9.17, 15) is 4.39 Å². The maximum Gasteiger partial charge on any atom is 0.170 e. The van der Waals surface area contributed by atoms with Crippen molar-refractivity contribution in [3.8, 4) is 0 Å². The molecule has 1 aromatic carbocycles. The molecule has 0 atom stereocenters. The summed E-state index contributed by atoms with van der Waals surface area (Å²) < 4.78 is 12.8. The van der Waals surface area contributed by atoms with Crippen molar-refractivity contribution in [1.82, 2.24) is 5.32 Å². The summed E-state index contributed by atoms with van der Waals surface area (Å²) in [7, 11) is 0. The number of hydrogen-bond acceptors (Lipinski definition) is 1. The van der Waals surface area contributed by atoms with Crippen LogP contribution in [-0.2, 0) is 0 Å². The van der Waals surface area contributed by atoms with Gasteiger partial charge < -0.3 is 20.4 Å². The van der Waals surface area contributed by atoms with E-state index in [1.807, 2.05) is 0 Å². The van der Waals surface area contributed by atoms with Gasteiger partial charge in [-0.25, -0.2) is 4.39 Å². The average Bonchev–Trinajstić information content (AvgIpc) is 2.55. The van der Waals surface area contributed by atoms with Gasteiger partial charge in [0.15, 0.2) is 5.11 Å². The molecule has 2 rings (SSSR count). The van der Waals surface area contributed by atoms with Gasteiger partial charge in [-0.15, -0.1) is 0 Å². The highest BCUT2D eigenvalue weighted by atomic mass is 32.1. The van der Waals surface area contributed by atoms with Gasteiger partial charge in [-0.3, -0.25) is 0 Å². The minimum absolute atomic E-state index is 0.238. The van der Waals surface area contributed by atoms with Gasteiger partial charge in [-0.2, -0.15) is 0 Å². The lowest BCUT2D eigenvalue weighted by atomic mass is 10.2. The summed E-state index contributed by atoms with van der Waals surface area (Å²) in [4.78, 5) is 3.48. The SMILES string of the molecule is CCC[NH+]1CC[NH+](CCCNC(=S)Nc2ccc(F)cc2)CC1. The molecule has 0 amide bonds. The molecule has 1 aliphatic rings. The Morgan fingerprint density at radius 1 is 1.09 bits per heavy atom. The van der Waals surface area contributed by atoms with Crippen molar-refractivity contribution >= 4 is 23.0 Å². The minimum Gasteiger partial charge on any atom is -0.362 e. The van der Waals surface area contributed by atoms with Crippen LogP contribution < -0.4 is 20.4 Å². The van der Waals surface area contributed by atoms with Crippen molar-refractivity contribution in [2.75, 3.05) is 51.1 Å². The Kier molecular flexibility index (Phi) is 7.71. The van der Waals surface area contributed by atoms with Crippen LogP contribution in [-0.4, -0.2) is 50.9 Å². The van der Waals surface area contributed by atoms with Crippen LogP contribution in [0.4, 0.5) is 10.1 Å². The van der Waals surface area contributed by atoms with Gasteiger partial charge in [0.2, 0.25) is 0 Å². The van der Waals surface area contributed by atoms with Crippen molar-refractivity contribution in [1.29, 1.82) is 0 Å². The van der Waals surface area contributed by atoms with E-state index >= 15 is 0 Å². The summed E-state index contributed by atoms with van der Waals surface area (Å²) in [5.41, 5.74) is 0.810. The Balaban J connectivity index is 1.55. The molecule has 0 radical (unpaired) electrons. The van der Waals surface area contributed by atoms with Crippen LogP contribution in [0, 0.1) is 5.82 Å². The van der Waals surface area contributed by atoms with E-state index in [1.165, 1.54) is 57.8 Å². The summed E-state index contributed by atoms with van der Waals surface area (Å²) in [6.07, 6.45) is 2.40. The molecule has 6 heteroatoms. The molecule has 1 aromatic rings. The van der Waals surface area contributed by atoms with Crippen molar-refractivity contribution in [3.63, 3.8) is 0 Å². The van der Waals surface area contributed by atoms with E-state index in [-0.39, 0.29) is 5.82 Å². The van der Waals surface area contributed by atoms with Crippen LogP contribution >= 0.6 is 12.2 Å². The van der Waals surface area contributed by atoms with Crippen LogP contribution in [0.3, 0.4) is 0 Å². The minimum atomic E-state index is -0.238. The summed E-state index contributed by atoms with van der Waals surface area (Å²) in [5.74, 6) is -0.238. The van der Waals surface area contributed by atoms with Gasteiger partial charge in [0, 0.05) is 18.7 Å². The molecule has 0 aromatic heterocycles. The Morgan fingerprint density at radius 2 is 1.70 bits per heavy atom. The molecule has 23 heavy (non-hydrogen) atoms. The maximum atomic E-state index is 12.8. The summed E-state index contributed by atoms with van der Waals surface area (Å²) in [6, 6.07) is 6.22. The first-order valence-corrected chi connectivity index (χ1v) is 9.05. The molecule has 0 spiro atoms. The number of anilines is 1. The van der Waals surface area contributed by atoms with Gasteiger partial charge in [-0.05, 0) is 42.9 Å². The lowest BCUT2D eigenvalue weighted by molar-refractivity contribution is -1.01. The summed E-state index contributed by atoms with van der Waals surface area (Å²) in [5, 5.41) is 6.89. The Morgan fingerprint density at radius 3 is 2.30 bits per heavy atom. The fourth-order valence-corrected chi connectivity index (χ4v) is 3.28. The molecule has 0 bridgehead atoms. The number of hydrogen-bond donors (Lipinski definition) is 4. The quantitative estimate of drug-likeness (QED) is 0.406. The lowest BCUT2D eigenvalue weighted by Gasteiger charge is -2.29. The van der Waals surface area contributed by atoms with E-state index in [4.69, 9.17) is 12.2 Å². The van der Waals surface area contributed by atoms with Crippen molar-refractivity contribution in [2.24, 2.45) is 0 Å². The van der Waals surface area contributed by atoms with E-state index in [1.54, 1.807) is 21.9 Å². The van der Waals surface area contributed by atoms with Crippen molar-refractivity contribution < 1.29 is 14.2 Å². The fourth-order valence-electron chi connectivity index (χ4n) is 3.06. The molecular weight excluding hydrogens is 311 g/mol. The largest absolute Gasteiger partial charge is 0.362 e. The zero-order chi connectivity index (χ0) is 16.5. The van der Waals surface area contributed by atoms with Gasteiger partial charge in [0.05, 0.1) is 13.1 Å². The third-order valence-electron chi connectivity index (χ3n) is 4.36. The normalized spacial score (nSPS) is 21.0. The van der Waals surface area contributed by atoms with Crippen LogP contribution in [0.1, 0.15) is 19.8 Å². The molecule has 1 heterocycles. The van der Waals surface area contributed by atoms with Crippen LogP contribution in [0.25, 0.3) is 0 Å². The van der Waals surface area contributed by atoms with Gasteiger partial charge >= 0.3 is 0 Å². The molecule has 4 N–H and O–H groups in total. The number of piperazine rings is 1. The number of benzene rings is 1. The average molecular weight is 341 g/mol. The van der Waals surface area contributed by atoms with Gasteiger partial charge in [0.25, 0.3) is 0 Å². The summed E-state index contributed by atoms with van der Waals surface area (Å²) >= 11 is 5.26. The first-order valence-electron chi connectivity index (χ1n) is 8.65. The number of rotatable bonds is 7. The highest BCUT2D eigenvalue weighted by Crippen LogP contribution is 2.07. The predicted molar refractivity (Wildman–Crippen MR) is 96.7 cm³/mol. The highest BCUT2D eigenvalue weighted by Gasteiger charge is 2.21. The topological polar surface area (TPSA) is 32.9 Å². The molecule has 1 saturated heterocycles. The molecule has 4 nitrogen and oxygen atoms in total. The standard InChI is InChI=1S/C17H27FN4S/c1-2-9-21-11-13-22(14-12-21)10-3-8-19-17(23)20-16-6-4-15(18)5-7-16/h4-7H,2-3,8-14H2,1H3,(H2,19,20,23)/p+2. The van der Waals surface area contributed by atoms with E-state index in [0.29, 0.717) is 5.11 Å². The first-order chi connectivity index (χ1) is 11.2. The third-order valence-corrected chi connectivity index (χ3v) is 4.61. The molecule has 128 valence electrons. The second kappa shape index (κ2) is 9.80. The van der Waals surface area contributed by atoms with Gasteiger partial charge in [-0.1, -0.05) is 6.92 Å². The van der Waals surface area contributed by atoms with Crippen molar-refractivity contribution in [3.05, 3.63) is 30.1 Å². The van der Waals surface area contributed by atoms with Gasteiger partial charge in [0.1, 0.15) is 32.0 Å². The number of quaternary nitrogens is 2. The zero-order valence-electron chi connectivity index (χ0n) is 14.0. The predicted octanol–water partition coefficient (Wildman–Crippen LogP) is -0.304.